The summed E-state index contributed by atoms with van der Waals surface area (Å²) in [6.07, 6.45) is 0. The molecule has 0 saturated carbocycles. The predicted octanol–water partition coefficient (Wildman–Crippen LogP) is 26.4. The van der Waals surface area contributed by atoms with Crippen LogP contribution in [0, 0.1) is 0 Å². The van der Waals surface area contributed by atoms with Crippen molar-refractivity contribution in [3.63, 3.8) is 0 Å². The van der Waals surface area contributed by atoms with E-state index in [9.17, 15) is 0 Å². The standard InChI is InChI=1S/C103H69N7/c1-110-96-92(76-48-52-78(53-49-76)98-104-100(88-60-80(68-28-10-2-11-29-68)56-81(61-88)69-30-12-3-13-31-69)108-101(105-98)89-62-82(70-32-14-4-15-33-70)57-83(63-89)71-34-16-5-17-35-71)44-26-46-94(96)95-47-27-45-93(97(95)110)77-50-54-79(55-51-77)99-106-102(90-64-84(72-36-18-6-19-37-72)58-85(65-90)73-38-20-7-21-39-73)109-103(107-99)91-66-86(74-40-22-8-23-41-74)59-87(67-91)75-42-24-9-25-43-75/h2-67H,1H3. The molecule has 0 radical (unpaired) electrons. The summed E-state index contributed by atoms with van der Waals surface area (Å²) in [5, 5.41) is 2.33. The molecule has 0 aliphatic heterocycles. The molecule has 7 heteroatoms. The van der Waals surface area contributed by atoms with Crippen LogP contribution in [-0.4, -0.2) is 34.5 Å². The summed E-state index contributed by atoms with van der Waals surface area (Å²) < 4.78 is 2.37. The van der Waals surface area contributed by atoms with Crippen molar-refractivity contribution in [3.8, 4) is 180 Å². The van der Waals surface area contributed by atoms with E-state index >= 15 is 0 Å². The summed E-state index contributed by atoms with van der Waals surface area (Å²) in [4.78, 5) is 32.6. The highest BCUT2D eigenvalue weighted by Gasteiger charge is 2.23. The van der Waals surface area contributed by atoms with Gasteiger partial charge in [0.1, 0.15) is 0 Å². The fourth-order valence-corrected chi connectivity index (χ4v) is 15.4. The van der Waals surface area contributed by atoms with Crippen LogP contribution in [0.1, 0.15) is 0 Å². The Morgan fingerprint density at radius 3 is 0.518 bits per heavy atom. The second-order valence-electron chi connectivity index (χ2n) is 27.9. The van der Waals surface area contributed by atoms with Crippen molar-refractivity contribution < 1.29 is 0 Å². The van der Waals surface area contributed by atoms with Gasteiger partial charge in [-0.15, -0.1) is 0 Å². The normalized spacial score (nSPS) is 11.3. The molecule has 0 unspecified atom stereocenters. The lowest BCUT2D eigenvalue weighted by atomic mass is 9.95. The maximum Gasteiger partial charge on any atom is 0.164 e. The number of nitrogens with zero attached hydrogens (tertiary/aromatic N) is 7. The maximum absolute atomic E-state index is 5.45. The SMILES string of the molecule is Cn1c2c(-c3ccc(-c4nc(-c5cc(-c6ccccc6)cc(-c6ccccc6)c5)nc(-c5cc(-c6ccccc6)cc(-c6ccccc6)c5)n4)cc3)cccc2c2cccc(-c3ccc(-c4nc(-c5cc(-c6ccccc6)cc(-c6ccccc6)c5)nc(-c5cc(-c6ccccc6)cc(-c6ccccc6)c5)n4)cc3)c21. The number of para-hydroxylation sites is 2. The molecule has 0 amide bonds. The Labute approximate surface area is 639 Å². The molecule has 0 fully saturated rings. The third-order valence-corrected chi connectivity index (χ3v) is 20.8. The molecule has 0 N–H and O–H groups in total. The minimum atomic E-state index is 0.571. The summed E-state index contributed by atoms with van der Waals surface area (Å²) in [6, 6.07) is 142. The van der Waals surface area contributed by atoms with Gasteiger partial charge in [0, 0.05) is 62.3 Å². The minimum Gasteiger partial charge on any atom is -0.343 e. The quantitative estimate of drug-likeness (QED) is 0.0959. The topological polar surface area (TPSA) is 82.3 Å². The minimum absolute atomic E-state index is 0.571. The van der Waals surface area contributed by atoms with E-state index in [1.807, 2.05) is 0 Å². The zero-order valence-electron chi connectivity index (χ0n) is 60.2. The lowest BCUT2D eigenvalue weighted by molar-refractivity contribution is 1.02. The number of fused-ring (bicyclic) bond motifs is 3. The first kappa shape index (κ1) is 66.1. The summed E-state index contributed by atoms with van der Waals surface area (Å²) >= 11 is 0. The van der Waals surface area contributed by atoms with E-state index in [4.69, 9.17) is 29.9 Å². The van der Waals surface area contributed by atoms with E-state index in [1.54, 1.807) is 0 Å². The summed E-state index contributed by atoms with van der Waals surface area (Å²) in [6.45, 7) is 0. The molecule has 3 heterocycles. The number of aromatic nitrogens is 7. The van der Waals surface area contributed by atoms with Gasteiger partial charge in [-0.2, -0.15) is 0 Å². The highest BCUT2D eigenvalue weighted by atomic mass is 15.0. The van der Waals surface area contributed by atoms with Gasteiger partial charge in [-0.1, -0.05) is 328 Å². The number of benzene rings is 16. The van der Waals surface area contributed by atoms with E-state index in [2.05, 4.69) is 412 Å². The average molecular weight is 1400 g/mol. The molecule has 19 rings (SSSR count). The van der Waals surface area contributed by atoms with E-state index < -0.39 is 0 Å². The number of rotatable bonds is 16. The monoisotopic (exact) mass is 1400 g/mol. The van der Waals surface area contributed by atoms with Crippen LogP contribution in [0.25, 0.3) is 201 Å². The number of hydrogen-bond acceptors (Lipinski definition) is 6. The number of hydrogen-bond donors (Lipinski definition) is 0. The van der Waals surface area contributed by atoms with Crippen LogP contribution in [-0.2, 0) is 7.05 Å². The Morgan fingerprint density at radius 1 is 0.145 bits per heavy atom. The van der Waals surface area contributed by atoms with Crippen molar-refractivity contribution in [1.82, 2.24) is 34.5 Å². The smallest absolute Gasteiger partial charge is 0.164 e. The summed E-state index contributed by atoms with van der Waals surface area (Å²) in [5.41, 5.74) is 29.3. The van der Waals surface area contributed by atoms with Crippen LogP contribution < -0.4 is 0 Å². The van der Waals surface area contributed by atoms with Crippen LogP contribution in [0.15, 0.2) is 400 Å². The van der Waals surface area contributed by atoms with Gasteiger partial charge in [0.2, 0.25) is 0 Å². The van der Waals surface area contributed by atoms with Crippen molar-refractivity contribution in [2.75, 3.05) is 0 Å². The Bertz CT molecular complexity index is 5650. The van der Waals surface area contributed by atoms with Gasteiger partial charge < -0.3 is 4.57 Å². The Kier molecular flexibility index (Phi) is 17.4. The Balaban J connectivity index is 0.712. The van der Waals surface area contributed by atoms with Gasteiger partial charge in [0.15, 0.2) is 34.9 Å². The van der Waals surface area contributed by atoms with Crippen LogP contribution in [0.4, 0.5) is 0 Å². The highest BCUT2D eigenvalue weighted by molar-refractivity contribution is 6.16. The molecule has 3 aromatic heterocycles. The van der Waals surface area contributed by atoms with E-state index in [-0.39, 0.29) is 0 Å². The third-order valence-electron chi connectivity index (χ3n) is 20.8. The lowest BCUT2D eigenvalue weighted by Gasteiger charge is -2.14. The summed E-state index contributed by atoms with van der Waals surface area (Å²) in [5.74, 6) is 3.45. The molecule has 0 aliphatic rings. The maximum atomic E-state index is 5.45. The first-order valence-electron chi connectivity index (χ1n) is 37.2. The largest absolute Gasteiger partial charge is 0.343 e. The Morgan fingerprint density at radius 2 is 0.318 bits per heavy atom. The molecule has 0 atom stereocenters. The highest BCUT2D eigenvalue weighted by Crippen LogP contribution is 2.43. The van der Waals surface area contributed by atoms with Crippen LogP contribution in [0.2, 0.25) is 0 Å². The van der Waals surface area contributed by atoms with Crippen LogP contribution in [0.5, 0.6) is 0 Å². The average Bonchev–Trinajstić information content (AvgIpc) is 1.29. The van der Waals surface area contributed by atoms with Crippen molar-refractivity contribution >= 4 is 21.8 Å². The second kappa shape index (κ2) is 29.0. The molecule has 19 aromatic rings. The van der Waals surface area contributed by atoms with Crippen LogP contribution >= 0.6 is 0 Å². The van der Waals surface area contributed by atoms with E-state index in [1.165, 1.54) is 10.8 Å². The zero-order chi connectivity index (χ0) is 73.3. The first-order valence-corrected chi connectivity index (χ1v) is 37.2. The second-order valence-corrected chi connectivity index (χ2v) is 27.9. The van der Waals surface area contributed by atoms with Gasteiger partial charge in [-0.25, -0.2) is 29.9 Å². The zero-order valence-corrected chi connectivity index (χ0v) is 60.2. The molecular formula is C103H69N7. The summed E-state index contributed by atoms with van der Waals surface area (Å²) in [7, 11) is 2.19. The van der Waals surface area contributed by atoms with Gasteiger partial charge >= 0.3 is 0 Å². The molecule has 110 heavy (non-hydrogen) atoms. The third kappa shape index (κ3) is 13.2. The van der Waals surface area contributed by atoms with Crippen LogP contribution in [0.3, 0.4) is 0 Å². The molecular weight excluding hydrogens is 1340 g/mol. The molecule has 516 valence electrons. The van der Waals surface area contributed by atoms with Crippen molar-refractivity contribution in [3.05, 3.63) is 400 Å². The molecule has 16 aromatic carbocycles. The van der Waals surface area contributed by atoms with Crippen molar-refractivity contribution in [2.24, 2.45) is 7.05 Å². The lowest BCUT2D eigenvalue weighted by Crippen LogP contribution is -2.01. The molecule has 0 bridgehead atoms. The van der Waals surface area contributed by atoms with Crippen molar-refractivity contribution in [2.45, 2.75) is 0 Å². The molecule has 0 aliphatic carbocycles. The molecule has 0 saturated heterocycles. The number of aryl methyl sites for hydroxylation is 1. The fraction of sp³-hybridized carbons (Fsp3) is 0.00971. The fourth-order valence-electron chi connectivity index (χ4n) is 15.4. The predicted molar refractivity (Wildman–Crippen MR) is 454 cm³/mol. The Hall–Kier alpha value is -14.7. The molecule has 0 spiro atoms. The van der Waals surface area contributed by atoms with Crippen molar-refractivity contribution in [1.29, 1.82) is 0 Å². The van der Waals surface area contributed by atoms with Gasteiger partial charge in [0.05, 0.1) is 11.0 Å². The first-order chi connectivity index (χ1) is 54.4. The molecule has 7 nitrogen and oxygen atoms in total. The van der Waals surface area contributed by atoms with Gasteiger partial charge in [-0.3, -0.25) is 0 Å². The van der Waals surface area contributed by atoms with E-state index in [0.29, 0.717) is 34.9 Å². The van der Waals surface area contributed by atoms with Gasteiger partial charge in [-0.05, 0) is 173 Å². The van der Waals surface area contributed by atoms with Gasteiger partial charge in [0.25, 0.3) is 0 Å². The van der Waals surface area contributed by atoms with E-state index in [0.717, 1.165) is 156 Å².